The summed E-state index contributed by atoms with van der Waals surface area (Å²) in [5, 5.41) is 11.3. The van der Waals surface area contributed by atoms with E-state index in [9.17, 15) is 4.79 Å². The Morgan fingerprint density at radius 1 is 1.40 bits per heavy atom. The van der Waals surface area contributed by atoms with Crippen molar-refractivity contribution in [1.82, 2.24) is 5.32 Å². The predicted octanol–water partition coefficient (Wildman–Crippen LogP) is 1.85. The molecule has 82 valence electrons. The quantitative estimate of drug-likeness (QED) is 0.700. The van der Waals surface area contributed by atoms with E-state index in [0.717, 1.165) is 13.0 Å². The van der Waals surface area contributed by atoms with Crippen LogP contribution in [0.1, 0.15) is 24.8 Å². The lowest BCUT2D eigenvalue weighted by Gasteiger charge is -2.11. The van der Waals surface area contributed by atoms with Crippen molar-refractivity contribution in [3.05, 3.63) is 35.9 Å². The fourth-order valence-electron chi connectivity index (χ4n) is 1.46. The molecule has 1 rings (SSSR count). The average Bonchev–Trinajstić information content (AvgIpc) is 2.25. The summed E-state index contributed by atoms with van der Waals surface area (Å²) in [4.78, 5) is 10.3. The molecule has 0 fully saturated rings. The van der Waals surface area contributed by atoms with Gasteiger partial charge in [0.25, 0.3) is 0 Å². The van der Waals surface area contributed by atoms with Crippen LogP contribution in [0.4, 0.5) is 0 Å². The molecule has 2 N–H and O–H groups in total. The van der Waals surface area contributed by atoms with Gasteiger partial charge in [0.1, 0.15) is 0 Å². The van der Waals surface area contributed by atoms with Crippen LogP contribution in [0.3, 0.4) is 0 Å². The molecular formula is C12H17NO2. The molecule has 1 atom stereocenters. The van der Waals surface area contributed by atoms with Gasteiger partial charge in [-0.15, -0.1) is 0 Å². The first-order valence-corrected chi connectivity index (χ1v) is 5.17. The molecule has 1 aromatic rings. The number of carboxylic acids is 1. The molecule has 0 aliphatic heterocycles. The zero-order chi connectivity index (χ0) is 11.1. The Morgan fingerprint density at radius 2 is 2.07 bits per heavy atom. The molecule has 0 aliphatic carbocycles. The van der Waals surface area contributed by atoms with Gasteiger partial charge in [0, 0.05) is 0 Å². The highest BCUT2D eigenvalue weighted by atomic mass is 16.4. The summed E-state index contributed by atoms with van der Waals surface area (Å²) >= 11 is 0. The van der Waals surface area contributed by atoms with Crippen LogP contribution in [0.2, 0.25) is 0 Å². The summed E-state index contributed by atoms with van der Waals surface area (Å²) in [6, 6.07) is 10.2. The van der Waals surface area contributed by atoms with E-state index in [4.69, 9.17) is 5.11 Å². The summed E-state index contributed by atoms with van der Waals surface area (Å²) in [5.41, 5.74) is 1.30. The number of carbonyl (C=O) groups is 1. The molecule has 0 saturated heterocycles. The first-order chi connectivity index (χ1) is 7.20. The highest BCUT2D eigenvalue weighted by Crippen LogP contribution is 2.17. The maximum absolute atomic E-state index is 10.3. The van der Waals surface area contributed by atoms with E-state index in [-0.39, 0.29) is 6.54 Å². The van der Waals surface area contributed by atoms with Gasteiger partial charge in [0.05, 0.1) is 6.54 Å². The largest absolute Gasteiger partial charge is 0.480 e. The van der Waals surface area contributed by atoms with Crippen LogP contribution in [-0.4, -0.2) is 24.2 Å². The smallest absolute Gasteiger partial charge is 0.317 e. The minimum Gasteiger partial charge on any atom is -0.480 e. The number of aliphatic carboxylic acids is 1. The Kier molecular flexibility index (Phi) is 4.84. The van der Waals surface area contributed by atoms with Crippen molar-refractivity contribution < 1.29 is 9.90 Å². The predicted molar refractivity (Wildman–Crippen MR) is 60.0 cm³/mol. The van der Waals surface area contributed by atoms with Gasteiger partial charge in [-0.25, -0.2) is 0 Å². The van der Waals surface area contributed by atoms with Crippen LogP contribution in [0.15, 0.2) is 30.3 Å². The van der Waals surface area contributed by atoms with Crippen molar-refractivity contribution in [2.75, 3.05) is 13.1 Å². The number of hydrogen-bond acceptors (Lipinski definition) is 2. The highest BCUT2D eigenvalue weighted by molar-refractivity contribution is 5.68. The number of nitrogens with one attached hydrogen (secondary N) is 1. The van der Waals surface area contributed by atoms with Crippen molar-refractivity contribution in [3.63, 3.8) is 0 Å². The standard InChI is InChI=1S/C12H17NO2/c1-10(7-8-13-9-12(14)15)11-5-3-2-4-6-11/h2-6,10,13H,7-9H2,1H3,(H,14,15). The molecule has 0 amide bonds. The lowest BCUT2D eigenvalue weighted by Crippen LogP contribution is -2.24. The molecular weight excluding hydrogens is 190 g/mol. The monoisotopic (exact) mass is 207 g/mol. The minimum absolute atomic E-state index is 0.0432. The lowest BCUT2D eigenvalue weighted by atomic mass is 9.98. The summed E-state index contributed by atoms with van der Waals surface area (Å²) < 4.78 is 0. The second kappa shape index (κ2) is 6.19. The van der Waals surface area contributed by atoms with E-state index in [1.54, 1.807) is 0 Å². The van der Waals surface area contributed by atoms with Crippen LogP contribution in [0, 0.1) is 0 Å². The fourth-order valence-corrected chi connectivity index (χ4v) is 1.46. The normalized spacial score (nSPS) is 12.3. The van der Waals surface area contributed by atoms with E-state index in [1.807, 2.05) is 18.2 Å². The van der Waals surface area contributed by atoms with Gasteiger partial charge in [0.15, 0.2) is 0 Å². The van der Waals surface area contributed by atoms with Crippen molar-refractivity contribution in [1.29, 1.82) is 0 Å². The van der Waals surface area contributed by atoms with Gasteiger partial charge in [0.2, 0.25) is 0 Å². The van der Waals surface area contributed by atoms with E-state index < -0.39 is 5.97 Å². The van der Waals surface area contributed by atoms with E-state index in [0.29, 0.717) is 5.92 Å². The Labute approximate surface area is 90.1 Å². The second-order valence-electron chi connectivity index (χ2n) is 3.67. The van der Waals surface area contributed by atoms with Gasteiger partial charge in [-0.3, -0.25) is 4.79 Å². The number of benzene rings is 1. The van der Waals surface area contributed by atoms with Gasteiger partial charge in [-0.05, 0) is 24.4 Å². The van der Waals surface area contributed by atoms with E-state index in [1.165, 1.54) is 5.56 Å². The van der Waals surface area contributed by atoms with Gasteiger partial charge >= 0.3 is 5.97 Å². The average molecular weight is 207 g/mol. The third kappa shape index (κ3) is 4.61. The molecule has 0 bridgehead atoms. The van der Waals surface area contributed by atoms with Crippen molar-refractivity contribution in [2.24, 2.45) is 0 Å². The topological polar surface area (TPSA) is 49.3 Å². The van der Waals surface area contributed by atoms with Gasteiger partial charge < -0.3 is 10.4 Å². The molecule has 3 heteroatoms. The summed E-state index contributed by atoms with van der Waals surface area (Å²) in [5.74, 6) is -0.338. The molecule has 0 aromatic heterocycles. The van der Waals surface area contributed by atoms with Crippen LogP contribution in [-0.2, 0) is 4.79 Å². The first kappa shape index (κ1) is 11.7. The first-order valence-electron chi connectivity index (χ1n) is 5.17. The molecule has 0 spiro atoms. The van der Waals surface area contributed by atoms with Crippen molar-refractivity contribution >= 4 is 5.97 Å². The maximum atomic E-state index is 10.3. The zero-order valence-electron chi connectivity index (χ0n) is 8.94. The lowest BCUT2D eigenvalue weighted by molar-refractivity contribution is -0.135. The fraction of sp³-hybridized carbons (Fsp3) is 0.417. The number of hydrogen-bond donors (Lipinski definition) is 2. The highest BCUT2D eigenvalue weighted by Gasteiger charge is 2.04. The summed E-state index contributed by atoms with van der Waals surface area (Å²) in [6.07, 6.45) is 0.956. The van der Waals surface area contributed by atoms with Crippen LogP contribution in [0.25, 0.3) is 0 Å². The van der Waals surface area contributed by atoms with E-state index >= 15 is 0 Å². The third-order valence-electron chi connectivity index (χ3n) is 2.40. The van der Waals surface area contributed by atoms with Crippen LogP contribution >= 0.6 is 0 Å². The number of carboxylic acid groups (broad SMARTS) is 1. The Hall–Kier alpha value is -1.35. The molecule has 1 aromatic carbocycles. The third-order valence-corrected chi connectivity index (χ3v) is 2.40. The molecule has 15 heavy (non-hydrogen) atoms. The maximum Gasteiger partial charge on any atom is 0.317 e. The van der Waals surface area contributed by atoms with E-state index in [2.05, 4.69) is 24.4 Å². The van der Waals surface area contributed by atoms with Crippen molar-refractivity contribution in [3.8, 4) is 0 Å². The van der Waals surface area contributed by atoms with Crippen molar-refractivity contribution in [2.45, 2.75) is 19.3 Å². The van der Waals surface area contributed by atoms with Crippen LogP contribution in [0.5, 0.6) is 0 Å². The molecule has 1 unspecified atom stereocenters. The van der Waals surface area contributed by atoms with Crippen LogP contribution < -0.4 is 5.32 Å². The second-order valence-corrected chi connectivity index (χ2v) is 3.67. The van der Waals surface area contributed by atoms with Gasteiger partial charge in [-0.1, -0.05) is 37.3 Å². The summed E-state index contributed by atoms with van der Waals surface area (Å²) in [6.45, 7) is 2.93. The summed E-state index contributed by atoms with van der Waals surface area (Å²) in [7, 11) is 0. The Balaban J connectivity index is 2.25. The molecule has 0 aliphatic rings. The minimum atomic E-state index is -0.803. The number of rotatable bonds is 6. The Morgan fingerprint density at radius 3 is 2.67 bits per heavy atom. The van der Waals surface area contributed by atoms with Gasteiger partial charge in [-0.2, -0.15) is 0 Å². The molecule has 3 nitrogen and oxygen atoms in total. The Bertz CT molecular complexity index is 298. The molecule has 0 heterocycles. The molecule has 0 radical (unpaired) electrons. The molecule has 0 saturated carbocycles. The zero-order valence-corrected chi connectivity index (χ0v) is 8.94. The SMILES string of the molecule is CC(CCNCC(=O)O)c1ccccc1.